The minimum Gasteiger partial charge on any atom is -0.462 e. The number of benzene rings is 2. The summed E-state index contributed by atoms with van der Waals surface area (Å²) in [5.74, 6) is -0.277. The number of carbonyl (C=O) groups is 1. The van der Waals surface area contributed by atoms with Gasteiger partial charge in [0, 0.05) is 25.9 Å². The second-order valence-corrected chi connectivity index (χ2v) is 5.37. The average molecular weight is 271 g/mol. The minimum absolute atomic E-state index is 0.277. The Morgan fingerprint density at radius 3 is 2.58 bits per heavy atom. The van der Waals surface area contributed by atoms with Crippen molar-refractivity contribution in [2.45, 2.75) is 6.92 Å². The van der Waals surface area contributed by atoms with Crippen molar-refractivity contribution >= 4 is 43.2 Å². The fourth-order valence-electron chi connectivity index (χ4n) is 2.14. The SMILES string of the molecule is CCOC(=O)c1ccc2c(c1)sc1cc(N)ccc12. The third kappa shape index (κ3) is 2.04. The zero-order valence-electron chi connectivity index (χ0n) is 10.5. The Labute approximate surface area is 114 Å². The number of esters is 1. The third-order valence-electron chi connectivity index (χ3n) is 3.01. The zero-order valence-corrected chi connectivity index (χ0v) is 11.3. The van der Waals surface area contributed by atoms with Crippen LogP contribution >= 0.6 is 11.3 Å². The maximum atomic E-state index is 11.7. The number of thiophene rings is 1. The van der Waals surface area contributed by atoms with E-state index in [9.17, 15) is 4.79 Å². The Morgan fingerprint density at radius 1 is 1.16 bits per heavy atom. The standard InChI is InChI=1S/C15H13NO2S/c1-2-18-15(17)9-3-5-11-12-6-4-10(16)8-14(12)19-13(11)7-9/h3-8H,2,16H2,1H3. The highest BCUT2D eigenvalue weighted by Crippen LogP contribution is 2.35. The third-order valence-corrected chi connectivity index (χ3v) is 4.12. The van der Waals surface area contributed by atoms with E-state index in [0.29, 0.717) is 12.2 Å². The molecule has 0 fully saturated rings. The van der Waals surface area contributed by atoms with Gasteiger partial charge in [0.05, 0.1) is 12.2 Å². The van der Waals surface area contributed by atoms with Crippen LogP contribution in [-0.2, 0) is 4.74 Å². The van der Waals surface area contributed by atoms with Gasteiger partial charge in [-0.2, -0.15) is 0 Å². The van der Waals surface area contributed by atoms with Crippen molar-refractivity contribution in [3.63, 3.8) is 0 Å². The molecular formula is C15H13NO2S. The first kappa shape index (κ1) is 12.0. The molecule has 0 saturated carbocycles. The molecule has 0 spiro atoms. The van der Waals surface area contributed by atoms with Crippen LogP contribution in [0.2, 0.25) is 0 Å². The fraction of sp³-hybridized carbons (Fsp3) is 0.133. The smallest absolute Gasteiger partial charge is 0.338 e. The normalized spacial score (nSPS) is 11.0. The number of hydrogen-bond donors (Lipinski definition) is 1. The number of ether oxygens (including phenoxy) is 1. The number of anilines is 1. The second kappa shape index (κ2) is 4.55. The lowest BCUT2D eigenvalue weighted by molar-refractivity contribution is 0.0526. The molecule has 0 aliphatic heterocycles. The number of nitrogen functional groups attached to an aromatic ring is 1. The lowest BCUT2D eigenvalue weighted by Crippen LogP contribution is -2.03. The summed E-state index contributed by atoms with van der Waals surface area (Å²) in [6.07, 6.45) is 0. The van der Waals surface area contributed by atoms with E-state index in [4.69, 9.17) is 10.5 Å². The van der Waals surface area contributed by atoms with Gasteiger partial charge in [-0.1, -0.05) is 12.1 Å². The molecule has 96 valence electrons. The maximum Gasteiger partial charge on any atom is 0.338 e. The van der Waals surface area contributed by atoms with Crippen LogP contribution in [0, 0.1) is 0 Å². The van der Waals surface area contributed by atoms with Crippen LogP contribution < -0.4 is 5.73 Å². The Morgan fingerprint density at radius 2 is 1.84 bits per heavy atom. The van der Waals surface area contributed by atoms with Crippen LogP contribution in [0.1, 0.15) is 17.3 Å². The maximum absolute atomic E-state index is 11.7. The first-order chi connectivity index (χ1) is 9.19. The Hall–Kier alpha value is -2.07. The molecule has 3 nitrogen and oxygen atoms in total. The van der Waals surface area contributed by atoms with Crippen molar-refractivity contribution in [2.24, 2.45) is 0 Å². The molecule has 19 heavy (non-hydrogen) atoms. The van der Waals surface area contributed by atoms with Gasteiger partial charge in [0.15, 0.2) is 0 Å². The molecule has 4 heteroatoms. The van der Waals surface area contributed by atoms with Crippen LogP contribution in [0.5, 0.6) is 0 Å². The molecule has 0 amide bonds. The summed E-state index contributed by atoms with van der Waals surface area (Å²) in [6, 6.07) is 11.5. The molecule has 0 atom stereocenters. The highest BCUT2D eigenvalue weighted by Gasteiger charge is 2.10. The summed E-state index contributed by atoms with van der Waals surface area (Å²) in [5, 5.41) is 2.32. The lowest BCUT2D eigenvalue weighted by atomic mass is 10.1. The van der Waals surface area contributed by atoms with Crippen LogP contribution in [-0.4, -0.2) is 12.6 Å². The first-order valence-electron chi connectivity index (χ1n) is 6.08. The number of carbonyl (C=O) groups excluding carboxylic acids is 1. The molecule has 0 saturated heterocycles. The zero-order chi connectivity index (χ0) is 13.4. The van der Waals surface area contributed by atoms with Crippen molar-refractivity contribution in [1.29, 1.82) is 0 Å². The number of nitrogens with two attached hydrogens (primary N) is 1. The van der Waals surface area contributed by atoms with E-state index < -0.39 is 0 Å². The van der Waals surface area contributed by atoms with Gasteiger partial charge in [0.2, 0.25) is 0 Å². The number of rotatable bonds is 2. The van der Waals surface area contributed by atoms with Gasteiger partial charge in [-0.15, -0.1) is 11.3 Å². The Bertz CT molecular complexity index is 776. The van der Waals surface area contributed by atoms with E-state index >= 15 is 0 Å². The van der Waals surface area contributed by atoms with Crippen molar-refractivity contribution in [3.8, 4) is 0 Å². The topological polar surface area (TPSA) is 52.3 Å². The van der Waals surface area contributed by atoms with Crippen LogP contribution in [0.15, 0.2) is 36.4 Å². The largest absolute Gasteiger partial charge is 0.462 e. The molecule has 0 radical (unpaired) electrons. The van der Waals surface area contributed by atoms with E-state index in [1.807, 2.05) is 36.4 Å². The summed E-state index contributed by atoms with van der Waals surface area (Å²) in [6.45, 7) is 2.19. The fourth-order valence-corrected chi connectivity index (χ4v) is 3.33. The molecule has 1 aromatic heterocycles. The van der Waals surface area contributed by atoms with E-state index in [1.54, 1.807) is 18.3 Å². The van der Waals surface area contributed by atoms with Gasteiger partial charge in [0.25, 0.3) is 0 Å². The van der Waals surface area contributed by atoms with E-state index in [2.05, 4.69) is 0 Å². The van der Waals surface area contributed by atoms with Gasteiger partial charge in [-0.25, -0.2) is 4.79 Å². The molecule has 0 aliphatic carbocycles. The highest BCUT2D eigenvalue weighted by atomic mass is 32.1. The molecular weight excluding hydrogens is 258 g/mol. The first-order valence-corrected chi connectivity index (χ1v) is 6.89. The number of fused-ring (bicyclic) bond motifs is 3. The highest BCUT2D eigenvalue weighted by molar-refractivity contribution is 7.25. The molecule has 0 unspecified atom stereocenters. The van der Waals surface area contributed by atoms with Gasteiger partial charge < -0.3 is 10.5 Å². The van der Waals surface area contributed by atoms with Crippen molar-refractivity contribution in [2.75, 3.05) is 12.3 Å². The molecule has 2 aromatic carbocycles. The number of hydrogen-bond acceptors (Lipinski definition) is 4. The van der Waals surface area contributed by atoms with Crippen molar-refractivity contribution < 1.29 is 9.53 Å². The summed E-state index contributed by atoms with van der Waals surface area (Å²) < 4.78 is 7.23. The molecule has 0 bridgehead atoms. The summed E-state index contributed by atoms with van der Waals surface area (Å²) >= 11 is 1.64. The Balaban J connectivity index is 2.18. The van der Waals surface area contributed by atoms with Gasteiger partial charge >= 0.3 is 5.97 Å². The van der Waals surface area contributed by atoms with Gasteiger partial charge in [-0.3, -0.25) is 0 Å². The molecule has 2 N–H and O–H groups in total. The van der Waals surface area contributed by atoms with E-state index in [-0.39, 0.29) is 5.97 Å². The summed E-state index contributed by atoms with van der Waals surface area (Å²) in [5.41, 5.74) is 7.14. The van der Waals surface area contributed by atoms with Crippen molar-refractivity contribution in [1.82, 2.24) is 0 Å². The van der Waals surface area contributed by atoms with Crippen molar-refractivity contribution in [3.05, 3.63) is 42.0 Å². The van der Waals surface area contributed by atoms with Crippen LogP contribution in [0.3, 0.4) is 0 Å². The van der Waals surface area contributed by atoms with Gasteiger partial charge in [0.1, 0.15) is 0 Å². The molecule has 0 aliphatic rings. The molecule has 3 aromatic rings. The predicted molar refractivity (Wildman–Crippen MR) is 79.7 cm³/mol. The summed E-state index contributed by atoms with van der Waals surface area (Å²) in [7, 11) is 0. The van der Waals surface area contributed by atoms with Crippen LogP contribution in [0.25, 0.3) is 20.2 Å². The lowest BCUT2D eigenvalue weighted by Gasteiger charge is -2.01. The minimum atomic E-state index is -0.277. The Kier molecular flexibility index (Phi) is 2.87. The van der Waals surface area contributed by atoms with E-state index in [0.717, 1.165) is 20.5 Å². The molecule has 1 heterocycles. The predicted octanol–water partition coefficient (Wildman–Crippen LogP) is 3.81. The average Bonchev–Trinajstić information content (AvgIpc) is 2.75. The summed E-state index contributed by atoms with van der Waals surface area (Å²) in [4.78, 5) is 11.7. The molecule has 3 rings (SSSR count). The van der Waals surface area contributed by atoms with Gasteiger partial charge in [-0.05, 0) is 31.2 Å². The van der Waals surface area contributed by atoms with Crippen LogP contribution in [0.4, 0.5) is 5.69 Å². The monoisotopic (exact) mass is 271 g/mol. The van der Waals surface area contributed by atoms with E-state index in [1.165, 1.54) is 5.39 Å². The quantitative estimate of drug-likeness (QED) is 0.569. The second-order valence-electron chi connectivity index (χ2n) is 4.29.